The lowest BCUT2D eigenvalue weighted by Gasteiger charge is -2.29. The average Bonchev–Trinajstić information content (AvgIpc) is 2.84. The second kappa shape index (κ2) is 4.94. The van der Waals surface area contributed by atoms with Crippen molar-refractivity contribution in [2.45, 2.75) is 31.3 Å². The van der Waals surface area contributed by atoms with Crippen LogP contribution in [0.4, 0.5) is 11.5 Å². The Morgan fingerprint density at radius 3 is 2.75 bits per heavy atom. The van der Waals surface area contributed by atoms with E-state index >= 15 is 0 Å². The first kappa shape index (κ1) is 13.2. The van der Waals surface area contributed by atoms with E-state index in [1.165, 1.54) is 0 Å². The monoisotopic (exact) mass is 271 g/mol. The number of aliphatic hydroxyl groups is 1. The molecule has 1 aromatic carbocycles. The minimum atomic E-state index is -0.549. The molecule has 1 aromatic heterocycles. The minimum absolute atomic E-state index is 0.549. The van der Waals surface area contributed by atoms with Gasteiger partial charge in [-0.15, -0.1) is 0 Å². The van der Waals surface area contributed by atoms with Crippen LogP contribution in [-0.2, 0) is 0 Å². The number of benzene rings is 1. The van der Waals surface area contributed by atoms with Crippen molar-refractivity contribution >= 4 is 22.4 Å². The summed E-state index contributed by atoms with van der Waals surface area (Å²) in [4.78, 5) is 6.69. The number of pyridine rings is 1. The van der Waals surface area contributed by atoms with Gasteiger partial charge in [0.25, 0.3) is 0 Å². The summed E-state index contributed by atoms with van der Waals surface area (Å²) in [5, 5.41) is 11.5. The van der Waals surface area contributed by atoms with Gasteiger partial charge in [0.2, 0.25) is 0 Å². The van der Waals surface area contributed by atoms with Gasteiger partial charge in [-0.1, -0.05) is 12.8 Å². The van der Waals surface area contributed by atoms with Gasteiger partial charge >= 0.3 is 0 Å². The predicted molar refractivity (Wildman–Crippen MR) is 82.8 cm³/mol. The Morgan fingerprint density at radius 2 is 2.00 bits per heavy atom. The number of nitrogens with two attached hydrogens (primary N) is 1. The van der Waals surface area contributed by atoms with Crippen LogP contribution in [0.15, 0.2) is 30.3 Å². The number of hydrogen-bond acceptors (Lipinski definition) is 4. The van der Waals surface area contributed by atoms with E-state index in [1.807, 2.05) is 42.3 Å². The third kappa shape index (κ3) is 2.56. The van der Waals surface area contributed by atoms with Gasteiger partial charge in [-0.2, -0.15) is 0 Å². The van der Waals surface area contributed by atoms with Crippen LogP contribution < -0.4 is 10.6 Å². The van der Waals surface area contributed by atoms with Gasteiger partial charge in [-0.3, -0.25) is 0 Å². The van der Waals surface area contributed by atoms with Crippen LogP contribution in [0.25, 0.3) is 10.9 Å². The highest BCUT2D eigenvalue weighted by Crippen LogP contribution is 2.31. The Bertz CT molecular complexity index is 620. The molecule has 1 aliphatic carbocycles. The third-order valence-electron chi connectivity index (χ3n) is 4.16. The minimum Gasteiger partial charge on any atom is -0.399 e. The van der Waals surface area contributed by atoms with E-state index in [0.717, 1.165) is 48.1 Å². The summed E-state index contributed by atoms with van der Waals surface area (Å²) < 4.78 is 0. The molecule has 1 aliphatic rings. The van der Waals surface area contributed by atoms with Gasteiger partial charge in [0.1, 0.15) is 5.82 Å². The van der Waals surface area contributed by atoms with E-state index in [1.54, 1.807) is 0 Å². The lowest BCUT2D eigenvalue weighted by atomic mass is 10.0. The summed E-state index contributed by atoms with van der Waals surface area (Å²) >= 11 is 0. The molecule has 1 saturated carbocycles. The molecule has 0 spiro atoms. The average molecular weight is 271 g/mol. The normalized spacial score (nSPS) is 17.5. The van der Waals surface area contributed by atoms with Gasteiger partial charge in [-0.25, -0.2) is 4.98 Å². The summed E-state index contributed by atoms with van der Waals surface area (Å²) in [7, 11) is 1.99. The number of likely N-dealkylation sites (N-methyl/N-ethyl adjacent to an activating group) is 1. The van der Waals surface area contributed by atoms with Crippen LogP contribution in [0.2, 0.25) is 0 Å². The number of nitrogens with zero attached hydrogens (tertiary/aromatic N) is 2. The summed E-state index contributed by atoms with van der Waals surface area (Å²) in [6.45, 7) is 0.639. The highest BCUT2D eigenvalue weighted by molar-refractivity contribution is 5.83. The predicted octanol–water partition coefficient (Wildman–Crippen LogP) is 2.56. The largest absolute Gasteiger partial charge is 0.399 e. The number of aromatic nitrogens is 1. The number of fused-ring (bicyclic) bond motifs is 1. The topological polar surface area (TPSA) is 62.4 Å². The van der Waals surface area contributed by atoms with E-state index in [4.69, 9.17) is 5.73 Å². The quantitative estimate of drug-likeness (QED) is 0.842. The maximum Gasteiger partial charge on any atom is 0.129 e. The molecule has 4 nitrogen and oxygen atoms in total. The Labute approximate surface area is 119 Å². The van der Waals surface area contributed by atoms with Crippen molar-refractivity contribution in [3.63, 3.8) is 0 Å². The molecule has 0 unspecified atom stereocenters. The SMILES string of the molecule is CN(CC1(O)CCCC1)c1ccc2cc(N)ccc2n1. The molecule has 2 aromatic rings. The fourth-order valence-corrected chi connectivity index (χ4v) is 3.06. The van der Waals surface area contributed by atoms with Gasteiger partial charge in [-0.05, 0) is 43.2 Å². The zero-order valence-corrected chi connectivity index (χ0v) is 11.8. The van der Waals surface area contributed by atoms with Crippen molar-refractivity contribution in [1.82, 2.24) is 4.98 Å². The van der Waals surface area contributed by atoms with Gasteiger partial charge in [0, 0.05) is 24.7 Å². The first-order chi connectivity index (χ1) is 9.56. The summed E-state index contributed by atoms with van der Waals surface area (Å²) in [6, 6.07) is 9.75. The van der Waals surface area contributed by atoms with E-state index in [-0.39, 0.29) is 0 Å². The zero-order valence-electron chi connectivity index (χ0n) is 11.8. The van der Waals surface area contributed by atoms with Crippen molar-refractivity contribution < 1.29 is 5.11 Å². The fourth-order valence-electron chi connectivity index (χ4n) is 3.06. The van der Waals surface area contributed by atoms with Gasteiger partial charge < -0.3 is 15.7 Å². The Kier molecular flexibility index (Phi) is 3.26. The van der Waals surface area contributed by atoms with Gasteiger partial charge in [0.15, 0.2) is 0 Å². The summed E-state index contributed by atoms with van der Waals surface area (Å²) in [5.74, 6) is 0.891. The summed E-state index contributed by atoms with van der Waals surface area (Å²) in [6.07, 6.45) is 4.02. The van der Waals surface area contributed by atoms with E-state index in [2.05, 4.69) is 4.98 Å². The summed E-state index contributed by atoms with van der Waals surface area (Å²) in [5.41, 5.74) is 6.91. The molecule has 20 heavy (non-hydrogen) atoms. The van der Waals surface area contributed by atoms with Crippen molar-refractivity contribution in [1.29, 1.82) is 0 Å². The highest BCUT2D eigenvalue weighted by atomic mass is 16.3. The van der Waals surface area contributed by atoms with E-state index in [9.17, 15) is 5.11 Å². The van der Waals surface area contributed by atoms with Gasteiger partial charge in [0.05, 0.1) is 11.1 Å². The maximum atomic E-state index is 10.5. The number of rotatable bonds is 3. The van der Waals surface area contributed by atoms with Crippen LogP contribution in [0.1, 0.15) is 25.7 Å². The third-order valence-corrected chi connectivity index (χ3v) is 4.16. The highest BCUT2D eigenvalue weighted by Gasteiger charge is 2.32. The molecule has 0 amide bonds. The maximum absolute atomic E-state index is 10.5. The first-order valence-corrected chi connectivity index (χ1v) is 7.16. The Hall–Kier alpha value is -1.81. The molecule has 0 atom stereocenters. The lowest BCUT2D eigenvalue weighted by molar-refractivity contribution is 0.0558. The lowest BCUT2D eigenvalue weighted by Crippen LogP contribution is -2.39. The van der Waals surface area contributed by atoms with Crippen LogP contribution in [0, 0.1) is 0 Å². The second-order valence-electron chi connectivity index (χ2n) is 5.91. The van der Waals surface area contributed by atoms with Crippen molar-refractivity contribution in [2.24, 2.45) is 0 Å². The molecule has 4 heteroatoms. The molecular formula is C16H21N3O. The standard InChI is InChI=1S/C16H21N3O/c1-19(11-16(20)8-2-3-9-16)15-7-4-12-10-13(17)5-6-14(12)18-15/h4-7,10,20H,2-3,8-9,11,17H2,1H3. The molecule has 1 fully saturated rings. The molecular weight excluding hydrogens is 250 g/mol. The Morgan fingerprint density at radius 1 is 1.25 bits per heavy atom. The molecule has 3 rings (SSSR count). The number of hydrogen-bond donors (Lipinski definition) is 2. The number of nitrogen functional groups attached to an aromatic ring is 1. The van der Waals surface area contributed by atoms with E-state index < -0.39 is 5.60 Å². The van der Waals surface area contributed by atoms with Crippen molar-refractivity contribution in [3.8, 4) is 0 Å². The molecule has 106 valence electrons. The number of anilines is 2. The van der Waals surface area contributed by atoms with Crippen molar-refractivity contribution in [3.05, 3.63) is 30.3 Å². The smallest absolute Gasteiger partial charge is 0.129 e. The molecule has 1 heterocycles. The van der Waals surface area contributed by atoms with Crippen LogP contribution in [0.3, 0.4) is 0 Å². The molecule has 0 saturated heterocycles. The van der Waals surface area contributed by atoms with E-state index in [0.29, 0.717) is 6.54 Å². The fraction of sp³-hybridized carbons (Fsp3) is 0.438. The van der Waals surface area contributed by atoms with Crippen molar-refractivity contribution in [2.75, 3.05) is 24.2 Å². The Balaban J connectivity index is 1.84. The van der Waals surface area contributed by atoms with Crippen LogP contribution >= 0.6 is 0 Å². The van der Waals surface area contributed by atoms with Crippen LogP contribution in [0.5, 0.6) is 0 Å². The first-order valence-electron chi connectivity index (χ1n) is 7.16. The molecule has 0 bridgehead atoms. The second-order valence-corrected chi connectivity index (χ2v) is 5.91. The molecule has 3 N–H and O–H groups in total. The van der Waals surface area contributed by atoms with Crippen LogP contribution in [-0.4, -0.2) is 29.3 Å². The molecule has 0 radical (unpaired) electrons. The zero-order chi connectivity index (χ0) is 14.2. The molecule has 0 aliphatic heterocycles.